The van der Waals surface area contributed by atoms with Crippen molar-refractivity contribution in [2.75, 3.05) is 6.61 Å². The van der Waals surface area contributed by atoms with E-state index in [-0.39, 0.29) is 6.10 Å². The number of aliphatic hydroxyl groups is 1. The summed E-state index contributed by atoms with van der Waals surface area (Å²) in [6, 6.07) is 0. The van der Waals surface area contributed by atoms with Gasteiger partial charge >= 0.3 is 0 Å². The second kappa shape index (κ2) is 4.50. The molecule has 2 heteroatoms. The van der Waals surface area contributed by atoms with Crippen molar-refractivity contribution in [3.8, 4) is 0 Å². The van der Waals surface area contributed by atoms with Gasteiger partial charge in [0.15, 0.2) is 0 Å². The lowest BCUT2D eigenvalue weighted by Gasteiger charge is -2.25. The highest BCUT2D eigenvalue weighted by atomic mass is 16.5. The van der Waals surface area contributed by atoms with E-state index in [1.165, 1.54) is 32.1 Å². The Labute approximate surface area is 97.7 Å². The number of hydrogen-bond donors (Lipinski definition) is 1. The molecule has 2 fully saturated rings. The number of ether oxygens (including phenoxy) is 1. The summed E-state index contributed by atoms with van der Waals surface area (Å²) in [5.74, 6) is 1.38. The Bertz CT molecular complexity index is 268. The van der Waals surface area contributed by atoms with Gasteiger partial charge in [0.2, 0.25) is 0 Å². The molecule has 4 atom stereocenters. The first-order valence-corrected chi connectivity index (χ1v) is 6.82. The van der Waals surface area contributed by atoms with Gasteiger partial charge in [-0.15, -0.1) is 0 Å². The van der Waals surface area contributed by atoms with Crippen LogP contribution in [0.15, 0.2) is 12.2 Å². The van der Waals surface area contributed by atoms with Crippen LogP contribution in [-0.2, 0) is 4.74 Å². The summed E-state index contributed by atoms with van der Waals surface area (Å²) in [6.45, 7) is 0.868. The lowest BCUT2D eigenvalue weighted by molar-refractivity contribution is -0.000819. The van der Waals surface area contributed by atoms with Crippen LogP contribution in [0.3, 0.4) is 0 Å². The Morgan fingerprint density at radius 2 is 1.94 bits per heavy atom. The van der Waals surface area contributed by atoms with E-state index in [2.05, 4.69) is 12.2 Å². The van der Waals surface area contributed by atoms with Crippen LogP contribution < -0.4 is 0 Å². The molecule has 0 aromatic heterocycles. The van der Waals surface area contributed by atoms with Crippen LogP contribution in [-0.4, -0.2) is 23.9 Å². The summed E-state index contributed by atoms with van der Waals surface area (Å²) in [5.41, 5.74) is 0. The molecule has 1 N–H and O–H groups in total. The molecule has 3 aliphatic rings. The van der Waals surface area contributed by atoms with Crippen molar-refractivity contribution >= 4 is 0 Å². The summed E-state index contributed by atoms with van der Waals surface area (Å²) in [6.07, 6.45) is 12.5. The molecule has 0 aromatic carbocycles. The second-order valence-electron chi connectivity index (χ2n) is 5.71. The molecule has 0 saturated heterocycles. The van der Waals surface area contributed by atoms with Gasteiger partial charge in [0, 0.05) is 11.8 Å². The van der Waals surface area contributed by atoms with Gasteiger partial charge in [-0.1, -0.05) is 31.4 Å². The van der Waals surface area contributed by atoms with E-state index in [0.29, 0.717) is 23.9 Å². The Morgan fingerprint density at radius 3 is 2.56 bits per heavy atom. The monoisotopic (exact) mass is 222 g/mol. The summed E-state index contributed by atoms with van der Waals surface area (Å²) < 4.78 is 6.02. The molecule has 2 saturated carbocycles. The van der Waals surface area contributed by atoms with Crippen LogP contribution >= 0.6 is 0 Å². The topological polar surface area (TPSA) is 29.5 Å². The molecular weight excluding hydrogens is 200 g/mol. The minimum Gasteiger partial charge on any atom is -0.392 e. The lowest BCUT2D eigenvalue weighted by Crippen LogP contribution is -2.24. The maximum atomic E-state index is 9.92. The van der Waals surface area contributed by atoms with Crippen LogP contribution in [0, 0.1) is 17.8 Å². The zero-order chi connectivity index (χ0) is 11.0. The van der Waals surface area contributed by atoms with Crippen LogP contribution in [0.25, 0.3) is 0 Å². The third kappa shape index (κ3) is 1.93. The number of aliphatic hydroxyl groups excluding tert-OH is 1. The lowest BCUT2D eigenvalue weighted by atomic mass is 9.93. The molecule has 0 spiro atoms. The van der Waals surface area contributed by atoms with Gasteiger partial charge in [-0.2, -0.15) is 0 Å². The fourth-order valence-electron chi connectivity index (χ4n) is 3.62. The molecule has 16 heavy (non-hydrogen) atoms. The summed E-state index contributed by atoms with van der Waals surface area (Å²) in [7, 11) is 0. The molecule has 0 radical (unpaired) electrons. The van der Waals surface area contributed by atoms with Gasteiger partial charge in [0.1, 0.15) is 0 Å². The molecule has 4 unspecified atom stereocenters. The van der Waals surface area contributed by atoms with Gasteiger partial charge in [0.25, 0.3) is 0 Å². The molecule has 3 rings (SSSR count). The van der Waals surface area contributed by atoms with E-state index < -0.39 is 0 Å². The fourth-order valence-corrected chi connectivity index (χ4v) is 3.62. The molecule has 0 heterocycles. The maximum absolute atomic E-state index is 9.92. The standard InChI is InChI=1S/C14H22O2/c15-14-10-6-7-13(14)11(8-10)9-16-12-4-2-1-3-5-12/h6-7,10-15H,1-5,8-9H2. The minimum atomic E-state index is -0.111. The zero-order valence-corrected chi connectivity index (χ0v) is 9.85. The highest BCUT2D eigenvalue weighted by molar-refractivity contribution is 5.15. The number of rotatable bonds is 3. The highest BCUT2D eigenvalue weighted by Crippen LogP contribution is 2.44. The number of hydrogen-bond acceptors (Lipinski definition) is 2. The Balaban J connectivity index is 1.47. The van der Waals surface area contributed by atoms with Crippen LogP contribution in [0.1, 0.15) is 38.5 Å². The predicted octanol–water partition coefficient (Wildman–Crippen LogP) is 2.52. The van der Waals surface area contributed by atoms with Gasteiger partial charge in [0.05, 0.1) is 18.8 Å². The normalized spacial score (nSPS) is 43.1. The van der Waals surface area contributed by atoms with E-state index in [1.807, 2.05) is 0 Å². The van der Waals surface area contributed by atoms with Gasteiger partial charge in [-0.3, -0.25) is 0 Å². The molecule has 3 aliphatic carbocycles. The van der Waals surface area contributed by atoms with Gasteiger partial charge in [-0.25, -0.2) is 0 Å². The summed E-state index contributed by atoms with van der Waals surface area (Å²) in [5, 5.41) is 9.92. The summed E-state index contributed by atoms with van der Waals surface area (Å²) >= 11 is 0. The van der Waals surface area contributed by atoms with Crippen molar-refractivity contribution < 1.29 is 9.84 Å². The molecule has 90 valence electrons. The molecular formula is C14H22O2. The summed E-state index contributed by atoms with van der Waals surface area (Å²) in [4.78, 5) is 0. The first kappa shape index (κ1) is 10.8. The van der Waals surface area contributed by atoms with Crippen molar-refractivity contribution in [1.82, 2.24) is 0 Å². The highest BCUT2D eigenvalue weighted by Gasteiger charge is 2.43. The largest absolute Gasteiger partial charge is 0.392 e. The molecule has 0 aromatic rings. The molecule has 2 nitrogen and oxygen atoms in total. The van der Waals surface area contributed by atoms with Crippen LogP contribution in [0.5, 0.6) is 0 Å². The smallest absolute Gasteiger partial charge is 0.0668 e. The third-order valence-electron chi connectivity index (χ3n) is 4.63. The van der Waals surface area contributed by atoms with E-state index >= 15 is 0 Å². The Hall–Kier alpha value is -0.340. The third-order valence-corrected chi connectivity index (χ3v) is 4.63. The predicted molar refractivity (Wildman–Crippen MR) is 63.1 cm³/mol. The second-order valence-corrected chi connectivity index (χ2v) is 5.71. The molecule has 0 amide bonds. The maximum Gasteiger partial charge on any atom is 0.0668 e. The van der Waals surface area contributed by atoms with E-state index in [4.69, 9.17) is 4.74 Å². The SMILES string of the molecule is OC1C2C=CC1C(COC1CCCCC1)C2. The Kier molecular flexibility index (Phi) is 3.03. The minimum absolute atomic E-state index is 0.111. The fraction of sp³-hybridized carbons (Fsp3) is 0.857. The number of fused-ring (bicyclic) bond motifs is 2. The van der Waals surface area contributed by atoms with E-state index in [1.54, 1.807) is 0 Å². The van der Waals surface area contributed by atoms with Crippen LogP contribution in [0.4, 0.5) is 0 Å². The van der Waals surface area contributed by atoms with E-state index in [0.717, 1.165) is 13.0 Å². The zero-order valence-electron chi connectivity index (χ0n) is 9.85. The van der Waals surface area contributed by atoms with Crippen LogP contribution in [0.2, 0.25) is 0 Å². The first-order valence-electron chi connectivity index (χ1n) is 6.82. The van der Waals surface area contributed by atoms with Crippen molar-refractivity contribution in [1.29, 1.82) is 0 Å². The quantitative estimate of drug-likeness (QED) is 0.743. The first-order chi connectivity index (χ1) is 7.84. The van der Waals surface area contributed by atoms with Crippen molar-refractivity contribution in [2.45, 2.75) is 50.7 Å². The average Bonchev–Trinajstić information content (AvgIpc) is 2.84. The van der Waals surface area contributed by atoms with E-state index in [9.17, 15) is 5.11 Å². The Morgan fingerprint density at radius 1 is 1.12 bits per heavy atom. The van der Waals surface area contributed by atoms with Crippen molar-refractivity contribution in [3.63, 3.8) is 0 Å². The average molecular weight is 222 g/mol. The van der Waals surface area contributed by atoms with Gasteiger partial charge in [-0.05, 0) is 25.2 Å². The van der Waals surface area contributed by atoms with Crippen molar-refractivity contribution in [3.05, 3.63) is 12.2 Å². The molecule has 2 bridgehead atoms. The molecule has 0 aliphatic heterocycles. The van der Waals surface area contributed by atoms with Crippen molar-refractivity contribution in [2.24, 2.45) is 17.8 Å². The van der Waals surface area contributed by atoms with Gasteiger partial charge < -0.3 is 9.84 Å².